The minimum absolute atomic E-state index is 0.319. The number of allylic oxidation sites excluding steroid dienone is 4. The first-order chi connectivity index (χ1) is 9.13. The topological polar surface area (TPSA) is 12.4 Å². The van der Waals surface area contributed by atoms with Gasteiger partial charge in [0.15, 0.2) is 0 Å². The molecule has 1 aliphatic carbocycles. The highest BCUT2D eigenvalue weighted by Gasteiger charge is 2.47. The van der Waals surface area contributed by atoms with Crippen LogP contribution < -0.4 is 0 Å². The predicted molar refractivity (Wildman–Crippen MR) is 81.8 cm³/mol. The fraction of sp³-hybridized carbons (Fsp3) is 0.278. The summed E-state index contributed by atoms with van der Waals surface area (Å²) in [5.41, 5.74) is 7.58. The van der Waals surface area contributed by atoms with Crippen LogP contribution in [0.3, 0.4) is 0 Å². The molecule has 3 rings (SSSR count). The predicted octanol–water partition coefficient (Wildman–Crippen LogP) is 4.42. The molecule has 2 unspecified atom stereocenters. The Labute approximate surface area is 115 Å². The van der Waals surface area contributed by atoms with E-state index in [1.165, 1.54) is 27.8 Å². The van der Waals surface area contributed by atoms with Crippen molar-refractivity contribution >= 4 is 5.71 Å². The van der Waals surface area contributed by atoms with E-state index in [0.29, 0.717) is 12.0 Å². The summed E-state index contributed by atoms with van der Waals surface area (Å²) in [4.78, 5) is 4.89. The maximum Gasteiger partial charge on any atom is 0.0827 e. The normalized spacial score (nSPS) is 25.6. The van der Waals surface area contributed by atoms with Crippen molar-refractivity contribution in [3.05, 3.63) is 70.8 Å². The molecule has 1 fully saturated rings. The van der Waals surface area contributed by atoms with Gasteiger partial charge in [-0.1, -0.05) is 48.6 Å². The van der Waals surface area contributed by atoms with E-state index in [1.54, 1.807) is 0 Å². The Kier molecular flexibility index (Phi) is 2.78. The number of nitrogens with zero attached hydrogens (tertiary/aromatic N) is 1. The number of hydrogen-bond acceptors (Lipinski definition) is 1. The summed E-state index contributed by atoms with van der Waals surface area (Å²) in [6.45, 7) is 10.5. The lowest BCUT2D eigenvalue weighted by atomic mass is 9.92. The second kappa shape index (κ2) is 4.34. The van der Waals surface area contributed by atoms with Crippen molar-refractivity contribution in [2.75, 3.05) is 0 Å². The highest BCUT2D eigenvalue weighted by atomic mass is 14.9. The first-order valence-corrected chi connectivity index (χ1v) is 6.81. The van der Waals surface area contributed by atoms with Crippen molar-refractivity contribution in [2.45, 2.75) is 32.7 Å². The van der Waals surface area contributed by atoms with Crippen LogP contribution in [-0.2, 0) is 0 Å². The number of aliphatic imine (C=N–C) groups is 1. The van der Waals surface area contributed by atoms with Gasteiger partial charge in [-0.15, -0.1) is 0 Å². The third-order valence-corrected chi connectivity index (χ3v) is 4.08. The Morgan fingerprint density at radius 2 is 2.00 bits per heavy atom. The molecule has 1 aromatic carbocycles. The molecule has 1 heterocycles. The van der Waals surface area contributed by atoms with Crippen LogP contribution in [-0.4, -0.2) is 11.8 Å². The Hall–Kier alpha value is -1.89. The molecule has 2 atom stereocenters. The highest BCUT2D eigenvalue weighted by molar-refractivity contribution is 6.15. The molecule has 1 nitrogen and oxygen atoms in total. The third-order valence-electron chi connectivity index (χ3n) is 4.08. The van der Waals surface area contributed by atoms with Gasteiger partial charge >= 0.3 is 0 Å². The lowest BCUT2D eigenvalue weighted by Gasteiger charge is -2.16. The fourth-order valence-electron chi connectivity index (χ4n) is 2.83. The molecule has 0 spiro atoms. The summed E-state index contributed by atoms with van der Waals surface area (Å²) in [5, 5.41) is 0. The molecule has 0 N–H and O–H groups in total. The summed E-state index contributed by atoms with van der Waals surface area (Å²) < 4.78 is 0. The monoisotopic (exact) mass is 249 g/mol. The van der Waals surface area contributed by atoms with Crippen molar-refractivity contribution in [1.82, 2.24) is 0 Å². The molecule has 0 saturated heterocycles. The third kappa shape index (κ3) is 1.90. The largest absolute Gasteiger partial charge is 0.276 e. The zero-order chi connectivity index (χ0) is 13.6. The van der Waals surface area contributed by atoms with Gasteiger partial charge in [-0.05, 0) is 37.5 Å². The minimum Gasteiger partial charge on any atom is -0.276 e. The quantitative estimate of drug-likeness (QED) is 0.543. The van der Waals surface area contributed by atoms with Crippen LogP contribution >= 0.6 is 0 Å². The van der Waals surface area contributed by atoms with Crippen LogP contribution in [0.15, 0.2) is 64.7 Å². The van der Waals surface area contributed by atoms with Crippen molar-refractivity contribution in [1.29, 1.82) is 0 Å². The Morgan fingerprint density at radius 3 is 2.74 bits per heavy atom. The van der Waals surface area contributed by atoms with E-state index in [2.05, 4.69) is 63.8 Å². The summed E-state index contributed by atoms with van der Waals surface area (Å²) in [6.07, 6.45) is 4.33. The van der Waals surface area contributed by atoms with Crippen LogP contribution in [0, 0.1) is 0 Å². The van der Waals surface area contributed by atoms with Crippen molar-refractivity contribution in [3.63, 3.8) is 0 Å². The van der Waals surface area contributed by atoms with Gasteiger partial charge in [-0.25, -0.2) is 0 Å². The summed E-state index contributed by atoms with van der Waals surface area (Å²) in [6, 6.07) is 8.92. The van der Waals surface area contributed by atoms with E-state index in [4.69, 9.17) is 4.99 Å². The average molecular weight is 249 g/mol. The van der Waals surface area contributed by atoms with Crippen LogP contribution in [0.1, 0.15) is 37.8 Å². The smallest absolute Gasteiger partial charge is 0.0827 e. The Balaban J connectivity index is 2.10. The van der Waals surface area contributed by atoms with Gasteiger partial charge in [0, 0.05) is 11.5 Å². The molecule has 1 aliphatic heterocycles. The maximum atomic E-state index is 4.89. The van der Waals surface area contributed by atoms with E-state index in [9.17, 15) is 0 Å². The van der Waals surface area contributed by atoms with Crippen LogP contribution in [0.5, 0.6) is 0 Å². The van der Waals surface area contributed by atoms with Gasteiger partial charge in [-0.3, -0.25) is 4.99 Å². The van der Waals surface area contributed by atoms with E-state index in [-0.39, 0.29) is 0 Å². The van der Waals surface area contributed by atoms with Gasteiger partial charge in [0.2, 0.25) is 0 Å². The van der Waals surface area contributed by atoms with Gasteiger partial charge in [0.05, 0.1) is 11.8 Å². The number of benzene rings is 1. The van der Waals surface area contributed by atoms with E-state index in [0.717, 1.165) is 5.71 Å². The molecule has 96 valence electrons. The SMILES string of the molecule is C=C1C2N=C(/C(C)=C\C(C)=C/C)c3ccccc3C12. The highest BCUT2D eigenvalue weighted by Crippen LogP contribution is 2.52. The van der Waals surface area contributed by atoms with Crippen molar-refractivity contribution < 1.29 is 0 Å². The van der Waals surface area contributed by atoms with Crippen molar-refractivity contribution in [2.24, 2.45) is 4.99 Å². The van der Waals surface area contributed by atoms with Crippen molar-refractivity contribution in [3.8, 4) is 0 Å². The lowest BCUT2D eigenvalue weighted by molar-refractivity contribution is 0.964. The molecule has 0 amide bonds. The standard InChI is InChI=1S/C18H19N/c1-5-11(2)10-12(3)17-15-9-7-6-8-14(15)16-13(4)18(16)19-17/h5-10,16,18H,4H2,1-3H3/b11-5-,12-10-. The molecule has 19 heavy (non-hydrogen) atoms. The number of rotatable bonds is 2. The molecule has 0 aromatic heterocycles. The first kappa shape index (κ1) is 12.2. The van der Waals surface area contributed by atoms with Crippen LogP contribution in [0.25, 0.3) is 0 Å². The van der Waals surface area contributed by atoms with Gasteiger partial charge in [0.1, 0.15) is 0 Å². The number of hydrogen-bond donors (Lipinski definition) is 0. The molecular weight excluding hydrogens is 230 g/mol. The summed E-state index contributed by atoms with van der Waals surface area (Å²) in [5.74, 6) is 0.468. The molecule has 1 aromatic rings. The Morgan fingerprint density at radius 1 is 1.26 bits per heavy atom. The zero-order valence-corrected chi connectivity index (χ0v) is 11.8. The second-order valence-corrected chi connectivity index (χ2v) is 5.42. The zero-order valence-electron chi connectivity index (χ0n) is 11.8. The van der Waals surface area contributed by atoms with Crippen LogP contribution in [0.4, 0.5) is 0 Å². The van der Waals surface area contributed by atoms with E-state index >= 15 is 0 Å². The first-order valence-electron chi connectivity index (χ1n) is 6.81. The number of fused-ring (bicyclic) bond motifs is 3. The molecule has 1 saturated carbocycles. The fourth-order valence-corrected chi connectivity index (χ4v) is 2.83. The second-order valence-electron chi connectivity index (χ2n) is 5.42. The molecule has 0 radical (unpaired) electrons. The molecule has 0 bridgehead atoms. The van der Waals surface area contributed by atoms with E-state index in [1.807, 2.05) is 0 Å². The van der Waals surface area contributed by atoms with Gasteiger partial charge in [0.25, 0.3) is 0 Å². The molecule has 1 heteroatoms. The van der Waals surface area contributed by atoms with E-state index < -0.39 is 0 Å². The lowest BCUT2D eigenvalue weighted by Crippen LogP contribution is -2.12. The van der Waals surface area contributed by atoms with Gasteiger partial charge in [-0.2, -0.15) is 0 Å². The van der Waals surface area contributed by atoms with Crippen LogP contribution in [0.2, 0.25) is 0 Å². The molecular formula is C18H19N. The van der Waals surface area contributed by atoms with Gasteiger partial charge < -0.3 is 0 Å². The summed E-state index contributed by atoms with van der Waals surface area (Å²) in [7, 11) is 0. The molecule has 2 aliphatic rings. The minimum atomic E-state index is 0.319. The summed E-state index contributed by atoms with van der Waals surface area (Å²) >= 11 is 0. The average Bonchev–Trinajstić information content (AvgIpc) is 3.08. The maximum absolute atomic E-state index is 4.89. The Bertz CT molecular complexity index is 643.